The fourth-order valence-corrected chi connectivity index (χ4v) is 4.88. The number of nitrogens with one attached hydrogen (secondary N) is 1. The van der Waals surface area contributed by atoms with Crippen molar-refractivity contribution in [2.45, 2.75) is 23.0 Å². The summed E-state index contributed by atoms with van der Waals surface area (Å²) in [7, 11) is -3.33. The second-order valence-corrected chi connectivity index (χ2v) is 9.10. The molecule has 27 heavy (non-hydrogen) atoms. The van der Waals surface area contributed by atoms with Crippen molar-refractivity contribution in [3.63, 3.8) is 0 Å². The highest BCUT2D eigenvalue weighted by atomic mass is 32.2. The number of hydrogen-bond donors (Lipinski definition) is 2. The minimum atomic E-state index is -3.33. The van der Waals surface area contributed by atoms with E-state index in [1.54, 1.807) is 18.3 Å². The second-order valence-electron chi connectivity index (χ2n) is 6.87. The molecule has 2 heterocycles. The molecule has 0 amide bonds. The van der Waals surface area contributed by atoms with E-state index in [0.717, 1.165) is 18.9 Å². The number of pyridine rings is 1. The van der Waals surface area contributed by atoms with Gasteiger partial charge in [0.2, 0.25) is 0 Å². The molecule has 1 saturated heterocycles. The average Bonchev–Trinajstić information content (AvgIpc) is 3.54. The number of rotatable bonds is 5. The Bertz CT molecular complexity index is 980. The van der Waals surface area contributed by atoms with Gasteiger partial charge in [-0.2, -0.15) is 0 Å². The van der Waals surface area contributed by atoms with Crippen LogP contribution in [0.3, 0.4) is 0 Å². The summed E-state index contributed by atoms with van der Waals surface area (Å²) in [6.45, 7) is 2.80. The Morgan fingerprint density at radius 1 is 1.19 bits per heavy atom. The Morgan fingerprint density at radius 2 is 1.93 bits per heavy atom. The first kappa shape index (κ1) is 17.9. The number of sulfone groups is 1. The highest BCUT2D eigenvalue weighted by Gasteiger charge is 2.37. The maximum Gasteiger partial charge on any atom is 0.181 e. The fraction of sp³-hybridized carbons (Fsp3) is 0.368. The molecular weight excluding hydrogens is 364 g/mol. The first-order valence-corrected chi connectivity index (χ1v) is 10.5. The third kappa shape index (κ3) is 3.54. The summed E-state index contributed by atoms with van der Waals surface area (Å²) in [5, 5.41) is 8.31. The minimum absolute atomic E-state index is 0.192. The fourth-order valence-electron chi connectivity index (χ4n) is 3.19. The molecule has 3 N–H and O–H groups in total. The largest absolute Gasteiger partial charge is 0.398 e. The van der Waals surface area contributed by atoms with Gasteiger partial charge in [-0.1, -0.05) is 0 Å². The molecule has 0 bridgehead atoms. The molecule has 1 aromatic heterocycles. The predicted octanol–water partition coefficient (Wildman–Crippen LogP) is 1.85. The van der Waals surface area contributed by atoms with Gasteiger partial charge in [-0.15, -0.1) is 0 Å². The molecule has 2 aromatic rings. The van der Waals surface area contributed by atoms with Gasteiger partial charge in [0.05, 0.1) is 29.1 Å². The SMILES string of the molecule is N=C(c1ccnc(N2CCOCC2)c1)c1cc(S(=O)(=O)C2CC2)ccc1N. The summed E-state index contributed by atoms with van der Waals surface area (Å²) < 4.78 is 30.4. The van der Waals surface area contributed by atoms with Crippen molar-refractivity contribution in [3.05, 3.63) is 47.7 Å². The number of ether oxygens (including phenoxy) is 1. The van der Waals surface area contributed by atoms with Crippen LogP contribution in [0, 0.1) is 5.41 Å². The van der Waals surface area contributed by atoms with E-state index in [4.69, 9.17) is 15.9 Å². The number of nitrogen functional groups attached to an aromatic ring is 1. The van der Waals surface area contributed by atoms with E-state index in [-0.39, 0.29) is 15.9 Å². The molecule has 1 aliphatic heterocycles. The first-order valence-electron chi connectivity index (χ1n) is 8.98. The summed E-state index contributed by atoms with van der Waals surface area (Å²) in [6.07, 6.45) is 3.06. The smallest absolute Gasteiger partial charge is 0.181 e. The lowest BCUT2D eigenvalue weighted by molar-refractivity contribution is 0.122. The maximum absolute atomic E-state index is 12.5. The Morgan fingerprint density at radius 3 is 2.63 bits per heavy atom. The molecule has 0 radical (unpaired) electrons. The maximum atomic E-state index is 12.5. The standard InChI is InChI=1S/C19H22N4O3S/c20-17-4-3-15(27(24,25)14-1-2-14)12-16(17)19(21)13-5-6-22-18(11-13)23-7-9-26-10-8-23/h3-6,11-12,14,21H,1-2,7-10,20H2. The molecular formula is C19H22N4O3S. The summed E-state index contributed by atoms with van der Waals surface area (Å²) in [4.78, 5) is 6.74. The first-order chi connectivity index (χ1) is 13.0. The molecule has 8 heteroatoms. The van der Waals surface area contributed by atoms with Crippen LogP contribution < -0.4 is 10.6 Å². The summed E-state index contributed by atoms with van der Waals surface area (Å²) >= 11 is 0. The monoisotopic (exact) mass is 386 g/mol. The zero-order valence-corrected chi connectivity index (χ0v) is 15.7. The lowest BCUT2D eigenvalue weighted by Crippen LogP contribution is -2.36. The van der Waals surface area contributed by atoms with E-state index in [0.29, 0.717) is 42.9 Å². The van der Waals surface area contributed by atoms with Crippen LogP contribution >= 0.6 is 0 Å². The molecule has 4 rings (SSSR count). The number of aromatic nitrogens is 1. The molecule has 1 saturated carbocycles. The lowest BCUT2D eigenvalue weighted by atomic mass is 10.0. The third-order valence-corrected chi connectivity index (χ3v) is 7.22. The van der Waals surface area contributed by atoms with E-state index in [1.165, 1.54) is 12.1 Å². The van der Waals surface area contributed by atoms with Crippen LogP contribution in [0.5, 0.6) is 0 Å². The van der Waals surface area contributed by atoms with E-state index in [9.17, 15) is 8.42 Å². The van der Waals surface area contributed by atoms with Gasteiger partial charge in [-0.25, -0.2) is 13.4 Å². The van der Waals surface area contributed by atoms with Crippen LogP contribution in [0.4, 0.5) is 11.5 Å². The Hall–Kier alpha value is -2.45. The normalized spacial score (nSPS) is 17.7. The van der Waals surface area contributed by atoms with Gasteiger partial charge in [0, 0.05) is 36.1 Å². The third-order valence-electron chi connectivity index (χ3n) is 4.96. The van der Waals surface area contributed by atoms with Crippen LogP contribution in [0.1, 0.15) is 24.0 Å². The van der Waals surface area contributed by atoms with Crippen LogP contribution in [0.15, 0.2) is 41.4 Å². The van der Waals surface area contributed by atoms with E-state index >= 15 is 0 Å². The van der Waals surface area contributed by atoms with Crippen molar-refractivity contribution in [1.82, 2.24) is 4.98 Å². The second kappa shape index (κ2) is 6.94. The van der Waals surface area contributed by atoms with Crippen molar-refractivity contribution in [2.24, 2.45) is 0 Å². The average molecular weight is 386 g/mol. The zero-order valence-electron chi connectivity index (χ0n) is 14.9. The van der Waals surface area contributed by atoms with Gasteiger partial charge in [0.1, 0.15) is 5.82 Å². The van der Waals surface area contributed by atoms with Gasteiger partial charge in [0.15, 0.2) is 9.84 Å². The minimum Gasteiger partial charge on any atom is -0.398 e. The van der Waals surface area contributed by atoms with Crippen molar-refractivity contribution in [1.29, 1.82) is 5.41 Å². The Labute approximate surface area is 158 Å². The molecule has 0 unspecified atom stereocenters. The quantitative estimate of drug-likeness (QED) is 0.600. The van der Waals surface area contributed by atoms with Crippen LogP contribution in [0.25, 0.3) is 0 Å². The molecule has 7 nitrogen and oxygen atoms in total. The van der Waals surface area contributed by atoms with E-state index < -0.39 is 9.84 Å². The number of nitrogens with zero attached hydrogens (tertiary/aromatic N) is 2. The van der Waals surface area contributed by atoms with Gasteiger partial charge >= 0.3 is 0 Å². The molecule has 2 fully saturated rings. The molecule has 0 atom stereocenters. The van der Waals surface area contributed by atoms with Gasteiger partial charge < -0.3 is 15.4 Å². The summed E-state index contributed by atoms with van der Waals surface area (Å²) in [5.74, 6) is 0.779. The topological polar surface area (TPSA) is 109 Å². The number of morpholine rings is 1. The molecule has 1 aromatic carbocycles. The zero-order chi connectivity index (χ0) is 19.0. The van der Waals surface area contributed by atoms with Gasteiger partial charge in [0.25, 0.3) is 0 Å². The van der Waals surface area contributed by atoms with Crippen molar-refractivity contribution in [3.8, 4) is 0 Å². The van der Waals surface area contributed by atoms with Gasteiger partial charge in [-0.05, 0) is 43.2 Å². The van der Waals surface area contributed by atoms with Crippen LogP contribution in [-0.2, 0) is 14.6 Å². The Balaban J connectivity index is 1.66. The van der Waals surface area contributed by atoms with Crippen molar-refractivity contribution in [2.75, 3.05) is 36.9 Å². The van der Waals surface area contributed by atoms with E-state index in [1.807, 2.05) is 6.07 Å². The van der Waals surface area contributed by atoms with E-state index in [2.05, 4.69) is 9.88 Å². The Kier molecular flexibility index (Phi) is 4.61. The van der Waals surface area contributed by atoms with Crippen LogP contribution in [0.2, 0.25) is 0 Å². The number of benzene rings is 1. The summed E-state index contributed by atoms with van der Waals surface area (Å²) in [6, 6.07) is 8.22. The van der Waals surface area contributed by atoms with Crippen LogP contribution in [-0.4, -0.2) is 50.7 Å². The highest BCUT2D eigenvalue weighted by Crippen LogP contribution is 2.34. The molecule has 0 spiro atoms. The van der Waals surface area contributed by atoms with Gasteiger partial charge in [-0.3, -0.25) is 5.41 Å². The summed E-state index contributed by atoms with van der Waals surface area (Å²) in [5.41, 5.74) is 7.72. The number of nitrogens with two attached hydrogens (primary N) is 1. The van der Waals surface area contributed by atoms with Crippen molar-refractivity contribution >= 4 is 27.1 Å². The lowest BCUT2D eigenvalue weighted by Gasteiger charge is -2.28. The number of anilines is 2. The highest BCUT2D eigenvalue weighted by molar-refractivity contribution is 7.92. The molecule has 142 valence electrons. The van der Waals surface area contributed by atoms with Crippen molar-refractivity contribution < 1.29 is 13.2 Å². The predicted molar refractivity (Wildman–Crippen MR) is 104 cm³/mol. The molecule has 1 aliphatic carbocycles. The molecule has 2 aliphatic rings. The number of hydrogen-bond acceptors (Lipinski definition) is 7.